The number of halogens is 2. The van der Waals surface area contributed by atoms with Crippen LogP contribution in [0.15, 0.2) is 76.0 Å². The van der Waals surface area contributed by atoms with E-state index < -0.39 is 0 Å². The first-order valence-electron chi connectivity index (χ1n) is 9.35. The maximum absolute atomic E-state index is 14.2. The fourth-order valence-electron chi connectivity index (χ4n) is 3.25. The highest BCUT2D eigenvalue weighted by molar-refractivity contribution is 6.37. The average Bonchev–Trinajstić information content (AvgIpc) is 2.65. The number of benzene rings is 1. The van der Waals surface area contributed by atoms with E-state index in [4.69, 9.17) is 11.6 Å². The van der Waals surface area contributed by atoms with E-state index in [-0.39, 0.29) is 5.82 Å². The smallest absolute Gasteiger partial charge is 0.131 e. The van der Waals surface area contributed by atoms with Gasteiger partial charge in [0, 0.05) is 16.8 Å². The monoisotopic (exact) mass is 383 g/mol. The van der Waals surface area contributed by atoms with Crippen LogP contribution in [0.2, 0.25) is 0 Å². The van der Waals surface area contributed by atoms with Crippen LogP contribution >= 0.6 is 11.6 Å². The Kier molecular flexibility index (Phi) is 7.55. The van der Waals surface area contributed by atoms with E-state index in [0.29, 0.717) is 16.2 Å². The number of hydrogen-bond acceptors (Lipinski definition) is 1. The molecule has 1 heterocycles. The van der Waals surface area contributed by atoms with Gasteiger partial charge in [-0.3, -0.25) is 4.99 Å². The molecule has 1 aliphatic rings. The summed E-state index contributed by atoms with van der Waals surface area (Å²) in [6.07, 6.45) is 9.63. The highest BCUT2D eigenvalue weighted by Gasteiger charge is 2.13. The Labute approximate surface area is 167 Å². The number of hydrogen-bond donors (Lipinski definition) is 0. The molecule has 1 aromatic rings. The summed E-state index contributed by atoms with van der Waals surface area (Å²) < 4.78 is 14.2. The third-order valence-corrected chi connectivity index (χ3v) is 5.06. The van der Waals surface area contributed by atoms with Gasteiger partial charge in [0.15, 0.2) is 0 Å². The van der Waals surface area contributed by atoms with E-state index in [1.807, 2.05) is 25.3 Å². The number of allylic oxidation sites excluding steroid dienone is 7. The lowest BCUT2D eigenvalue weighted by Gasteiger charge is -2.16. The second kappa shape index (κ2) is 9.66. The van der Waals surface area contributed by atoms with Crippen molar-refractivity contribution < 1.29 is 4.39 Å². The van der Waals surface area contributed by atoms with Crippen molar-refractivity contribution in [3.8, 4) is 0 Å². The summed E-state index contributed by atoms with van der Waals surface area (Å²) in [5.41, 5.74) is 6.04. The Bertz CT molecular complexity index is 848. The van der Waals surface area contributed by atoms with E-state index in [1.54, 1.807) is 12.1 Å². The van der Waals surface area contributed by atoms with Gasteiger partial charge in [0.1, 0.15) is 5.82 Å². The SMILES string of the molecule is C=C(C=C(CC)C1=C(CC)CCC=N1)/C=C(/Cl)C(=C)c1c(C)cccc1F. The molecular weight excluding hydrogens is 357 g/mol. The third-order valence-electron chi connectivity index (χ3n) is 4.73. The van der Waals surface area contributed by atoms with Gasteiger partial charge in [0.25, 0.3) is 0 Å². The molecule has 0 aromatic heterocycles. The zero-order chi connectivity index (χ0) is 20.0. The summed E-state index contributed by atoms with van der Waals surface area (Å²) in [5.74, 6) is -0.323. The van der Waals surface area contributed by atoms with Crippen LogP contribution in [0.5, 0.6) is 0 Å². The fraction of sp³-hybridized carbons (Fsp3) is 0.292. The summed E-state index contributed by atoms with van der Waals surface area (Å²) in [5, 5.41) is 0.386. The lowest BCUT2D eigenvalue weighted by molar-refractivity contribution is 0.623. The summed E-state index contributed by atoms with van der Waals surface area (Å²) in [7, 11) is 0. The normalized spacial score (nSPS) is 15.3. The largest absolute Gasteiger partial charge is 0.261 e. The van der Waals surface area contributed by atoms with Gasteiger partial charge in [-0.25, -0.2) is 4.39 Å². The molecule has 142 valence electrons. The molecule has 27 heavy (non-hydrogen) atoms. The predicted molar refractivity (Wildman–Crippen MR) is 117 cm³/mol. The van der Waals surface area contributed by atoms with Gasteiger partial charge >= 0.3 is 0 Å². The first-order valence-corrected chi connectivity index (χ1v) is 9.73. The van der Waals surface area contributed by atoms with Crippen molar-refractivity contribution in [3.05, 3.63) is 87.9 Å². The molecule has 0 bridgehead atoms. The highest BCUT2D eigenvalue weighted by Crippen LogP contribution is 2.31. The minimum Gasteiger partial charge on any atom is -0.261 e. The van der Waals surface area contributed by atoms with E-state index in [0.717, 1.165) is 48.1 Å². The van der Waals surface area contributed by atoms with Crippen molar-refractivity contribution >= 4 is 23.4 Å². The molecule has 0 spiro atoms. The first kappa shape index (κ1) is 21.1. The molecule has 1 nitrogen and oxygen atoms in total. The molecule has 0 unspecified atom stereocenters. The molecule has 0 saturated heterocycles. The first-order chi connectivity index (χ1) is 12.9. The molecular formula is C24H27ClFN. The molecule has 0 aliphatic carbocycles. The van der Waals surface area contributed by atoms with Gasteiger partial charge in [-0.1, -0.05) is 56.8 Å². The van der Waals surface area contributed by atoms with Gasteiger partial charge < -0.3 is 0 Å². The third kappa shape index (κ3) is 5.17. The summed E-state index contributed by atoms with van der Waals surface area (Å²) >= 11 is 6.44. The van der Waals surface area contributed by atoms with Crippen LogP contribution in [-0.4, -0.2) is 6.21 Å². The van der Waals surface area contributed by atoms with Crippen LogP contribution in [0.25, 0.3) is 5.57 Å². The number of rotatable bonds is 7. The highest BCUT2D eigenvalue weighted by atomic mass is 35.5. The topological polar surface area (TPSA) is 12.4 Å². The molecule has 0 atom stereocenters. The Morgan fingerprint density at radius 2 is 2.00 bits per heavy atom. The lowest BCUT2D eigenvalue weighted by Crippen LogP contribution is -2.00. The predicted octanol–water partition coefficient (Wildman–Crippen LogP) is 7.69. The van der Waals surface area contributed by atoms with Crippen LogP contribution < -0.4 is 0 Å². The van der Waals surface area contributed by atoms with Crippen molar-refractivity contribution in [2.24, 2.45) is 4.99 Å². The van der Waals surface area contributed by atoms with Crippen molar-refractivity contribution in [1.29, 1.82) is 0 Å². The van der Waals surface area contributed by atoms with Crippen molar-refractivity contribution in [2.45, 2.75) is 46.5 Å². The van der Waals surface area contributed by atoms with Crippen molar-refractivity contribution in [1.82, 2.24) is 0 Å². The van der Waals surface area contributed by atoms with E-state index in [9.17, 15) is 4.39 Å². The molecule has 2 rings (SSSR count). The summed E-state index contributed by atoms with van der Waals surface area (Å²) in [4.78, 5) is 4.62. The maximum Gasteiger partial charge on any atom is 0.131 e. The van der Waals surface area contributed by atoms with Crippen molar-refractivity contribution in [3.63, 3.8) is 0 Å². The Hall–Kier alpha value is -2.19. The van der Waals surface area contributed by atoms with Gasteiger partial charge in [0.05, 0.1) is 5.70 Å². The van der Waals surface area contributed by atoms with Crippen LogP contribution in [0.1, 0.15) is 50.7 Å². The van der Waals surface area contributed by atoms with Gasteiger partial charge in [-0.05, 0) is 72.6 Å². The molecule has 0 radical (unpaired) electrons. The molecule has 3 heteroatoms. The van der Waals surface area contributed by atoms with Gasteiger partial charge in [0.2, 0.25) is 0 Å². The molecule has 0 fully saturated rings. The average molecular weight is 384 g/mol. The number of aliphatic imine (C=N–C) groups is 1. The standard InChI is InChI=1S/C24H27ClFN/c1-6-19-11-9-13-27-24(19)20(7-2)14-16(3)15-21(25)18(5)23-17(4)10-8-12-22(23)26/h8,10,12-15H,3,5-7,9,11H2,1-2,4H3/b20-14?,21-15+. The summed E-state index contributed by atoms with van der Waals surface area (Å²) in [6, 6.07) is 4.94. The Morgan fingerprint density at radius 1 is 1.26 bits per heavy atom. The Morgan fingerprint density at radius 3 is 2.63 bits per heavy atom. The number of aryl methyl sites for hydroxylation is 1. The molecule has 1 aliphatic heterocycles. The van der Waals surface area contributed by atoms with Crippen LogP contribution in [-0.2, 0) is 0 Å². The second-order valence-corrected chi connectivity index (χ2v) is 7.06. The maximum atomic E-state index is 14.2. The van der Waals surface area contributed by atoms with E-state index in [1.165, 1.54) is 11.6 Å². The Balaban J connectivity index is 2.31. The van der Waals surface area contributed by atoms with Crippen LogP contribution in [0, 0.1) is 12.7 Å². The fourth-order valence-corrected chi connectivity index (χ4v) is 3.48. The minimum absolute atomic E-state index is 0.323. The van der Waals surface area contributed by atoms with E-state index >= 15 is 0 Å². The van der Waals surface area contributed by atoms with Crippen LogP contribution in [0.4, 0.5) is 4.39 Å². The van der Waals surface area contributed by atoms with Crippen molar-refractivity contribution in [2.75, 3.05) is 0 Å². The van der Waals surface area contributed by atoms with Crippen LogP contribution in [0.3, 0.4) is 0 Å². The van der Waals surface area contributed by atoms with Gasteiger partial charge in [-0.2, -0.15) is 0 Å². The molecule has 1 aromatic carbocycles. The van der Waals surface area contributed by atoms with E-state index in [2.05, 4.69) is 32.0 Å². The quantitative estimate of drug-likeness (QED) is 0.428. The molecule has 0 amide bonds. The van der Waals surface area contributed by atoms with Gasteiger partial charge in [-0.15, -0.1) is 0 Å². The zero-order valence-electron chi connectivity index (χ0n) is 16.4. The lowest BCUT2D eigenvalue weighted by atomic mass is 9.95. The minimum atomic E-state index is -0.323. The second-order valence-electron chi connectivity index (χ2n) is 6.66. The molecule has 0 N–H and O–H groups in total. The molecule has 0 saturated carbocycles. The number of nitrogens with zero attached hydrogens (tertiary/aromatic N) is 1. The summed E-state index contributed by atoms with van der Waals surface area (Å²) in [6.45, 7) is 14.2. The zero-order valence-corrected chi connectivity index (χ0v) is 17.2.